The molecule has 10 heavy (non-hydrogen) atoms. The van der Waals surface area contributed by atoms with Gasteiger partial charge in [0.25, 0.3) is 0 Å². The van der Waals surface area contributed by atoms with Crippen molar-refractivity contribution in [2.75, 3.05) is 13.2 Å². The van der Waals surface area contributed by atoms with E-state index in [0.29, 0.717) is 19.1 Å². The second-order valence-corrected chi connectivity index (χ2v) is 2.63. The lowest BCUT2D eigenvalue weighted by Gasteiger charge is -2.21. The van der Waals surface area contributed by atoms with Gasteiger partial charge in [-0.3, -0.25) is 0 Å². The lowest BCUT2D eigenvalue weighted by molar-refractivity contribution is -0.307. The summed E-state index contributed by atoms with van der Waals surface area (Å²) >= 11 is 0. The molecule has 0 radical (unpaired) electrons. The van der Waals surface area contributed by atoms with Crippen molar-refractivity contribution in [3.8, 4) is 0 Å². The fraction of sp³-hybridized carbons (Fsp3) is 0.857. The Kier molecular flexibility index (Phi) is 2.68. The molecular weight excluding hydrogens is 132 g/mol. The Morgan fingerprint density at radius 2 is 2.10 bits per heavy atom. The van der Waals surface area contributed by atoms with E-state index in [0.717, 1.165) is 12.8 Å². The van der Waals surface area contributed by atoms with Gasteiger partial charge in [-0.1, -0.05) is 0 Å². The van der Waals surface area contributed by atoms with Gasteiger partial charge in [0, 0.05) is 19.2 Å². The van der Waals surface area contributed by atoms with Crippen LogP contribution in [0.2, 0.25) is 0 Å². The quantitative estimate of drug-likeness (QED) is 0.526. The van der Waals surface area contributed by atoms with Crippen LogP contribution in [0.3, 0.4) is 0 Å². The van der Waals surface area contributed by atoms with E-state index in [9.17, 15) is 9.90 Å². The SMILES string of the molecule is O=C([O-])CC1CCOCC1. The Labute approximate surface area is 60.0 Å². The molecule has 0 spiro atoms. The topological polar surface area (TPSA) is 49.4 Å². The number of ether oxygens (including phenoxy) is 1. The Hall–Kier alpha value is -0.570. The van der Waals surface area contributed by atoms with Crippen molar-refractivity contribution < 1.29 is 14.6 Å². The van der Waals surface area contributed by atoms with Crippen molar-refractivity contribution >= 4 is 5.97 Å². The molecule has 1 fully saturated rings. The molecule has 0 atom stereocenters. The lowest BCUT2D eigenvalue weighted by atomic mass is 9.97. The van der Waals surface area contributed by atoms with Gasteiger partial charge in [-0.2, -0.15) is 0 Å². The third kappa shape index (κ3) is 2.35. The zero-order valence-corrected chi connectivity index (χ0v) is 5.84. The van der Waals surface area contributed by atoms with Crippen LogP contribution >= 0.6 is 0 Å². The molecule has 1 aliphatic heterocycles. The molecule has 1 heterocycles. The molecule has 0 aromatic rings. The number of carbonyl (C=O) groups excluding carboxylic acids is 1. The second-order valence-electron chi connectivity index (χ2n) is 2.63. The Morgan fingerprint density at radius 3 is 2.60 bits per heavy atom. The molecule has 1 saturated heterocycles. The van der Waals surface area contributed by atoms with E-state index in [-0.39, 0.29) is 6.42 Å². The summed E-state index contributed by atoms with van der Waals surface area (Å²) in [5.41, 5.74) is 0. The number of hydrogen-bond donors (Lipinski definition) is 0. The zero-order chi connectivity index (χ0) is 7.40. The van der Waals surface area contributed by atoms with Crippen molar-refractivity contribution in [2.45, 2.75) is 19.3 Å². The van der Waals surface area contributed by atoms with Crippen LogP contribution in [0.1, 0.15) is 19.3 Å². The maximum absolute atomic E-state index is 10.1. The van der Waals surface area contributed by atoms with Crippen LogP contribution < -0.4 is 5.11 Å². The first kappa shape index (κ1) is 7.54. The standard InChI is InChI=1S/C7H12O3/c8-7(9)5-6-1-3-10-4-2-6/h6H,1-5H2,(H,8,9)/p-1. The van der Waals surface area contributed by atoms with Gasteiger partial charge in [-0.25, -0.2) is 0 Å². The van der Waals surface area contributed by atoms with Crippen LogP contribution in [0.4, 0.5) is 0 Å². The molecule has 0 amide bonds. The van der Waals surface area contributed by atoms with Gasteiger partial charge >= 0.3 is 0 Å². The summed E-state index contributed by atoms with van der Waals surface area (Å²) in [7, 11) is 0. The van der Waals surface area contributed by atoms with E-state index in [2.05, 4.69) is 0 Å². The Balaban J connectivity index is 2.19. The maximum atomic E-state index is 10.1. The minimum atomic E-state index is -0.938. The predicted molar refractivity (Wildman–Crippen MR) is 33.2 cm³/mol. The smallest absolute Gasteiger partial charge is 0.0468 e. The van der Waals surface area contributed by atoms with Crippen LogP contribution in [0.5, 0.6) is 0 Å². The van der Waals surface area contributed by atoms with E-state index in [1.165, 1.54) is 0 Å². The Bertz CT molecular complexity index is 116. The highest BCUT2D eigenvalue weighted by Crippen LogP contribution is 2.17. The van der Waals surface area contributed by atoms with Crippen molar-refractivity contribution in [2.24, 2.45) is 5.92 Å². The van der Waals surface area contributed by atoms with Gasteiger partial charge in [0.15, 0.2) is 0 Å². The molecule has 0 aromatic carbocycles. The molecule has 0 bridgehead atoms. The van der Waals surface area contributed by atoms with Gasteiger partial charge in [0.2, 0.25) is 0 Å². The minimum absolute atomic E-state index is 0.198. The molecule has 3 heteroatoms. The molecule has 58 valence electrons. The highest BCUT2D eigenvalue weighted by molar-refractivity contribution is 5.64. The first-order chi connectivity index (χ1) is 4.79. The third-order valence-corrected chi connectivity index (χ3v) is 1.80. The van der Waals surface area contributed by atoms with E-state index in [4.69, 9.17) is 4.74 Å². The third-order valence-electron chi connectivity index (χ3n) is 1.80. The molecular formula is C7H11O3-. The van der Waals surface area contributed by atoms with Crippen molar-refractivity contribution in [1.82, 2.24) is 0 Å². The van der Waals surface area contributed by atoms with E-state index >= 15 is 0 Å². The fourth-order valence-electron chi connectivity index (χ4n) is 1.19. The first-order valence-corrected chi connectivity index (χ1v) is 3.56. The van der Waals surface area contributed by atoms with Crippen LogP contribution in [0.25, 0.3) is 0 Å². The van der Waals surface area contributed by atoms with Crippen molar-refractivity contribution in [1.29, 1.82) is 0 Å². The molecule has 1 aliphatic rings. The summed E-state index contributed by atoms with van der Waals surface area (Å²) in [6.45, 7) is 1.41. The highest BCUT2D eigenvalue weighted by Gasteiger charge is 2.12. The average Bonchev–Trinajstić information content (AvgIpc) is 1.88. The van der Waals surface area contributed by atoms with Gasteiger partial charge in [-0.05, 0) is 25.2 Å². The number of carboxylic acid groups (broad SMARTS) is 1. The summed E-state index contributed by atoms with van der Waals surface area (Å²) in [6, 6.07) is 0. The monoisotopic (exact) mass is 143 g/mol. The van der Waals surface area contributed by atoms with Gasteiger partial charge < -0.3 is 14.6 Å². The van der Waals surface area contributed by atoms with Crippen molar-refractivity contribution in [3.05, 3.63) is 0 Å². The normalized spacial score (nSPS) is 20.8. The largest absolute Gasteiger partial charge is 0.550 e. The lowest BCUT2D eigenvalue weighted by Crippen LogP contribution is -2.27. The molecule has 0 aromatic heterocycles. The molecule has 1 rings (SSSR count). The van der Waals surface area contributed by atoms with Crippen LogP contribution in [-0.4, -0.2) is 19.2 Å². The summed E-state index contributed by atoms with van der Waals surface area (Å²) in [4.78, 5) is 10.1. The van der Waals surface area contributed by atoms with E-state index < -0.39 is 5.97 Å². The fourth-order valence-corrected chi connectivity index (χ4v) is 1.19. The zero-order valence-electron chi connectivity index (χ0n) is 5.84. The summed E-state index contributed by atoms with van der Waals surface area (Å²) < 4.78 is 5.07. The number of rotatable bonds is 2. The number of aliphatic carboxylic acids is 1. The van der Waals surface area contributed by atoms with Crippen molar-refractivity contribution in [3.63, 3.8) is 0 Å². The van der Waals surface area contributed by atoms with Crippen LogP contribution in [-0.2, 0) is 9.53 Å². The second kappa shape index (κ2) is 3.56. The number of hydrogen-bond acceptors (Lipinski definition) is 3. The van der Waals surface area contributed by atoms with Gasteiger partial charge in [0.05, 0.1) is 0 Å². The minimum Gasteiger partial charge on any atom is -0.550 e. The Morgan fingerprint density at radius 1 is 1.50 bits per heavy atom. The highest BCUT2D eigenvalue weighted by atomic mass is 16.5. The predicted octanol–water partition coefficient (Wildman–Crippen LogP) is -0.447. The first-order valence-electron chi connectivity index (χ1n) is 3.56. The summed E-state index contributed by atoms with van der Waals surface area (Å²) in [5, 5.41) is 10.1. The molecule has 0 N–H and O–H groups in total. The van der Waals surface area contributed by atoms with Gasteiger partial charge in [-0.15, -0.1) is 0 Å². The molecule has 3 nitrogen and oxygen atoms in total. The molecule has 0 aliphatic carbocycles. The molecule has 0 saturated carbocycles. The van der Waals surface area contributed by atoms with E-state index in [1.54, 1.807) is 0 Å². The van der Waals surface area contributed by atoms with Crippen LogP contribution in [0, 0.1) is 5.92 Å². The molecule has 0 unspecified atom stereocenters. The average molecular weight is 143 g/mol. The number of carbonyl (C=O) groups is 1. The summed E-state index contributed by atoms with van der Waals surface area (Å²) in [5.74, 6) is -0.648. The van der Waals surface area contributed by atoms with Gasteiger partial charge in [0.1, 0.15) is 0 Å². The van der Waals surface area contributed by atoms with E-state index in [1.807, 2.05) is 0 Å². The van der Waals surface area contributed by atoms with Crippen LogP contribution in [0.15, 0.2) is 0 Å². The summed E-state index contributed by atoms with van der Waals surface area (Å²) in [6.07, 6.45) is 1.94. The number of carboxylic acids is 1. The maximum Gasteiger partial charge on any atom is 0.0468 e.